The fourth-order valence-electron chi connectivity index (χ4n) is 1.52. The van der Waals surface area contributed by atoms with Gasteiger partial charge in [0.25, 0.3) is 0 Å². The van der Waals surface area contributed by atoms with Crippen molar-refractivity contribution in [2.45, 2.75) is 13.8 Å². The first-order valence-corrected chi connectivity index (χ1v) is 5.82. The van der Waals surface area contributed by atoms with Gasteiger partial charge in [0.05, 0.1) is 0 Å². The molecule has 0 aliphatic rings. The van der Waals surface area contributed by atoms with Crippen molar-refractivity contribution < 1.29 is 0 Å². The number of nitrogen functional groups attached to an aromatic ring is 1. The number of nitrogens with two attached hydrogens (primary N) is 1. The van der Waals surface area contributed by atoms with Crippen LogP contribution >= 0.6 is 11.6 Å². The first kappa shape index (κ1) is 12.6. The van der Waals surface area contributed by atoms with Crippen LogP contribution in [0.15, 0.2) is 24.3 Å². The molecule has 6 heteroatoms. The van der Waals surface area contributed by atoms with Crippen molar-refractivity contribution in [1.82, 2.24) is 9.97 Å². The molecular weight excluding hydrogens is 250 g/mol. The average molecular weight is 264 g/mol. The summed E-state index contributed by atoms with van der Waals surface area (Å²) in [6.45, 7) is 3.76. The zero-order chi connectivity index (χ0) is 13.1. The minimum absolute atomic E-state index is 0.559. The second-order valence-corrected chi connectivity index (χ2v) is 4.33. The number of halogens is 1. The molecular formula is C12H14ClN5. The van der Waals surface area contributed by atoms with Crippen molar-refractivity contribution >= 4 is 28.9 Å². The molecule has 2 aromatic rings. The number of rotatable bonds is 3. The number of hydrazine groups is 1. The number of nitrogens with zero attached hydrogens (tertiary/aromatic N) is 2. The van der Waals surface area contributed by atoms with Crippen molar-refractivity contribution in [1.29, 1.82) is 0 Å². The largest absolute Gasteiger partial charge is 0.340 e. The highest BCUT2D eigenvalue weighted by Crippen LogP contribution is 2.23. The Kier molecular flexibility index (Phi) is 3.64. The van der Waals surface area contributed by atoms with Gasteiger partial charge in [-0.05, 0) is 31.5 Å². The fraction of sp³-hybridized carbons (Fsp3) is 0.167. The Hall–Kier alpha value is -1.85. The zero-order valence-electron chi connectivity index (χ0n) is 10.2. The van der Waals surface area contributed by atoms with E-state index in [0.717, 1.165) is 11.3 Å². The van der Waals surface area contributed by atoms with Gasteiger partial charge in [-0.15, -0.1) is 0 Å². The van der Waals surface area contributed by atoms with E-state index in [1.165, 1.54) is 0 Å². The van der Waals surface area contributed by atoms with Crippen LogP contribution in [0.2, 0.25) is 5.02 Å². The molecule has 5 nitrogen and oxygen atoms in total. The molecule has 18 heavy (non-hydrogen) atoms. The third-order valence-electron chi connectivity index (χ3n) is 2.43. The lowest BCUT2D eigenvalue weighted by Crippen LogP contribution is -2.10. The van der Waals surface area contributed by atoms with E-state index in [2.05, 4.69) is 20.7 Å². The topological polar surface area (TPSA) is 75.9 Å². The molecule has 1 heterocycles. The van der Waals surface area contributed by atoms with Gasteiger partial charge in [0.15, 0.2) is 0 Å². The summed E-state index contributed by atoms with van der Waals surface area (Å²) in [6, 6.07) is 7.46. The van der Waals surface area contributed by atoms with Crippen molar-refractivity contribution in [2.75, 3.05) is 10.7 Å². The van der Waals surface area contributed by atoms with E-state index in [0.29, 0.717) is 22.5 Å². The van der Waals surface area contributed by atoms with Gasteiger partial charge in [0, 0.05) is 16.8 Å². The van der Waals surface area contributed by atoms with E-state index in [4.69, 9.17) is 17.4 Å². The summed E-state index contributed by atoms with van der Waals surface area (Å²) in [7, 11) is 0. The van der Waals surface area contributed by atoms with Crippen LogP contribution < -0.4 is 16.6 Å². The van der Waals surface area contributed by atoms with E-state index >= 15 is 0 Å². The summed E-state index contributed by atoms with van der Waals surface area (Å²) < 4.78 is 0. The predicted molar refractivity (Wildman–Crippen MR) is 74.1 cm³/mol. The van der Waals surface area contributed by atoms with E-state index in [1.807, 2.05) is 25.1 Å². The molecule has 0 atom stereocenters. The molecule has 94 valence electrons. The first-order valence-electron chi connectivity index (χ1n) is 5.44. The Morgan fingerprint density at radius 2 is 1.83 bits per heavy atom. The summed E-state index contributed by atoms with van der Waals surface area (Å²) >= 11 is 6.06. The Morgan fingerprint density at radius 1 is 1.11 bits per heavy atom. The second-order valence-electron chi connectivity index (χ2n) is 3.92. The van der Waals surface area contributed by atoms with Crippen molar-refractivity contribution in [3.05, 3.63) is 40.7 Å². The SMILES string of the molecule is Cc1nc(NN)cc(Nc2ccc(C)c(Cl)c2)n1. The van der Waals surface area contributed by atoms with Crippen LogP contribution in [-0.2, 0) is 0 Å². The third-order valence-corrected chi connectivity index (χ3v) is 2.84. The van der Waals surface area contributed by atoms with Crippen LogP contribution in [0, 0.1) is 13.8 Å². The van der Waals surface area contributed by atoms with Crippen molar-refractivity contribution in [3.8, 4) is 0 Å². The molecule has 0 saturated heterocycles. The van der Waals surface area contributed by atoms with Crippen LogP contribution in [-0.4, -0.2) is 9.97 Å². The number of hydrogen-bond acceptors (Lipinski definition) is 5. The number of hydrogen-bond donors (Lipinski definition) is 3. The summed E-state index contributed by atoms with van der Waals surface area (Å²) in [6.07, 6.45) is 0. The van der Waals surface area contributed by atoms with E-state index < -0.39 is 0 Å². The van der Waals surface area contributed by atoms with Crippen LogP contribution in [0.4, 0.5) is 17.3 Å². The van der Waals surface area contributed by atoms with E-state index in [1.54, 1.807) is 13.0 Å². The minimum atomic E-state index is 0.559. The normalized spacial score (nSPS) is 10.2. The number of nitrogens with one attached hydrogen (secondary N) is 2. The number of benzene rings is 1. The second kappa shape index (κ2) is 5.20. The Labute approximate surface area is 110 Å². The van der Waals surface area contributed by atoms with Gasteiger partial charge >= 0.3 is 0 Å². The van der Waals surface area contributed by atoms with Gasteiger partial charge in [0.1, 0.15) is 17.5 Å². The highest BCUT2D eigenvalue weighted by molar-refractivity contribution is 6.31. The highest BCUT2D eigenvalue weighted by atomic mass is 35.5. The molecule has 0 aliphatic heterocycles. The number of aryl methyl sites for hydroxylation is 2. The molecule has 0 bridgehead atoms. The van der Waals surface area contributed by atoms with Gasteiger partial charge in [-0.2, -0.15) is 0 Å². The molecule has 1 aromatic heterocycles. The smallest absolute Gasteiger partial charge is 0.145 e. The molecule has 0 aliphatic carbocycles. The molecule has 0 unspecified atom stereocenters. The third kappa shape index (κ3) is 2.88. The Balaban J connectivity index is 2.27. The van der Waals surface area contributed by atoms with E-state index in [9.17, 15) is 0 Å². The number of anilines is 3. The van der Waals surface area contributed by atoms with Gasteiger partial charge in [-0.3, -0.25) is 0 Å². The van der Waals surface area contributed by atoms with Crippen molar-refractivity contribution in [2.24, 2.45) is 5.84 Å². The fourth-order valence-corrected chi connectivity index (χ4v) is 1.70. The maximum atomic E-state index is 6.06. The van der Waals surface area contributed by atoms with Gasteiger partial charge in [-0.1, -0.05) is 17.7 Å². The lowest BCUT2D eigenvalue weighted by molar-refractivity contribution is 1.05. The quantitative estimate of drug-likeness (QED) is 0.586. The molecule has 1 aromatic carbocycles. The lowest BCUT2D eigenvalue weighted by atomic mass is 10.2. The van der Waals surface area contributed by atoms with Crippen LogP contribution in [0.5, 0.6) is 0 Å². The lowest BCUT2D eigenvalue weighted by Gasteiger charge is -2.09. The standard InChI is InChI=1S/C12H14ClN5/c1-7-3-4-9(5-10(7)13)17-11-6-12(18-14)16-8(2)15-11/h3-6H,14H2,1-2H3,(H2,15,16,17,18). The van der Waals surface area contributed by atoms with Gasteiger partial charge in [0.2, 0.25) is 0 Å². The maximum Gasteiger partial charge on any atom is 0.145 e. The summed E-state index contributed by atoms with van der Waals surface area (Å²) in [5, 5.41) is 3.87. The summed E-state index contributed by atoms with van der Waals surface area (Å²) in [5.41, 5.74) is 4.40. The molecule has 0 saturated carbocycles. The van der Waals surface area contributed by atoms with E-state index in [-0.39, 0.29) is 0 Å². The van der Waals surface area contributed by atoms with Crippen molar-refractivity contribution in [3.63, 3.8) is 0 Å². The van der Waals surface area contributed by atoms with Crippen LogP contribution in [0.1, 0.15) is 11.4 Å². The zero-order valence-corrected chi connectivity index (χ0v) is 10.9. The monoisotopic (exact) mass is 263 g/mol. The van der Waals surface area contributed by atoms with Gasteiger partial charge in [-0.25, -0.2) is 15.8 Å². The number of aromatic nitrogens is 2. The highest BCUT2D eigenvalue weighted by Gasteiger charge is 2.03. The molecule has 0 spiro atoms. The first-order chi connectivity index (χ1) is 8.58. The van der Waals surface area contributed by atoms with Crippen LogP contribution in [0.25, 0.3) is 0 Å². The average Bonchev–Trinajstić information content (AvgIpc) is 2.33. The molecule has 0 amide bonds. The molecule has 0 radical (unpaired) electrons. The maximum absolute atomic E-state index is 6.06. The molecule has 0 fully saturated rings. The van der Waals surface area contributed by atoms with Crippen LogP contribution in [0.3, 0.4) is 0 Å². The molecule has 2 rings (SSSR count). The minimum Gasteiger partial charge on any atom is -0.340 e. The Morgan fingerprint density at radius 3 is 2.50 bits per heavy atom. The Bertz CT molecular complexity index is 570. The predicted octanol–water partition coefficient (Wildman–Crippen LogP) is 2.78. The van der Waals surface area contributed by atoms with Gasteiger partial charge < -0.3 is 10.7 Å². The summed E-state index contributed by atoms with van der Waals surface area (Å²) in [5.74, 6) is 7.19. The summed E-state index contributed by atoms with van der Waals surface area (Å²) in [4.78, 5) is 8.38. The molecule has 4 N–H and O–H groups in total.